The summed E-state index contributed by atoms with van der Waals surface area (Å²) < 4.78 is 0. The third kappa shape index (κ3) is 32.2. The lowest BCUT2D eigenvalue weighted by Crippen LogP contribution is -2.60. The van der Waals surface area contributed by atoms with Gasteiger partial charge in [-0.3, -0.25) is 63.6 Å². The number of amides is 3. The largest absolute Gasteiger partial charge is 0.370 e. The van der Waals surface area contributed by atoms with Crippen molar-refractivity contribution in [2.24, 2.45) is 133 Å². The van der Waals surface area contributed by atoms with Gasteiger partial charge in [0, 0.05) is 58.9 Å². The minimum atomic E-state index is -1.45. The molecule has 0 aliphatic heterocycles. The van der Waals surface area contributed by atoms with Crippen LogP contribution in [0.2, 0.25) is 0 Å². The van der Waals surface area contributed by atoms with E-state index >= 15 is 0 Å². The van der Waals surface area contributed by atoms with Crippen LogP contribution < -0.4 is 119 Å². The van der Waals surface area contributed by atoms with Crippen molar-refractivity contribution < 1.29 is 28.8 Å². The lowest BCUT2D eigenvalue weighted by atomic mass is 9.96. The van der Waals surface area contributed by atoms with Crippen molar-refractivity contribution in [3.8, 4) is 0 Å². The van der Waals surface area contributed by atoms with Gasteiger partial charge in [-0.15, -0.1) is 0 Å². The number of hydrogen-bond acceptors (Lipinski definition) is 19. The summed E-state index contributed by atoms with van der Waals surface area (Å²) in [6.45, 7) is -0.381. The molecule has 39 N–H and O–H groups in total. The molecule has 0 spiro atoms. The van der Waals surface area contributed by atoms with Crippen molar-refractivity contribution in [1.82, 2.24) is 20.9 Å². The molecule has 0 aromatic heterocycles. The first kappa shape index (κ1) is 68.8. The molecule has 434 valence electrons. The Hall–Kier alpha value is -7.24. The Morgan fingerprint density at radius 1 is 0.303 bits per heavy atom. The number of carbonyl (C=O) groups excluding carboxylic acids is 6. The van der Waals surface area contributed by atoms with Crippen LogP contribution in [-0.4, -0.2) is 189 Å². The fourth-order valence-corrected chi connectivity index (χ4v) is 7.26. The molecule has 0 radical (unpaired) electrons. The normalized spacial score (nSPS) is 14.6. The van der Waals surface area contributed by atoms with Crippen LogP contribution in [0.3, 0.4) is 0 Å². The van der Waals surface area contributed by atoms with E-state index in [4.69, 9.17) is 103 Å². The molecular formula is C42H90N28O6. The smallest absolute Gasteiger partial charge is 0.237 e. The first-order valence-electron chi connectivity index (χ1n) is 24.8. The molecule has 0 aliphatic rings. The predicted molar refractivity (Wildman–Crippen MR) is 295 cm³/mol. The van der Waals surface area contributed by atoms with Gasteiger partial charge < -0.3 is 119 Å². The molecule has 76 heavy (non-hydrogen) atoms. The summed E-state index contributed by atoms with van der Waals surface area (Å²) in [5, 5.41) is 7.99. The lowest BCUT2D eigenvalue weighted by molar-refractivity contribution is -0.130. The van der Waals surface area contributed by atoms with Crippen LogP contribution in [0.4, 0.5) is 0 Å². The zero-order chi connectivity index (χ0) is 57.9. The summed E-state index contributed by atoms with van der Waals surface area (Å²) >= 11 is 0. The van der Waals surface area contributed by atoms with E-state index in [9.17, 15) is 28.8 Å². The van der Waals surface area contributed by atoms with E-state index in [1.54, 1.807) is 0 Å². The highest BCUT2D eigenvalue weighted by atomic mass is 16.2. The van der Waals surface area contributed by atoms with Gasteiger partial charge >= 0.3 is 0 Å². The number of nitrogens with zero attached hydrogens (tertiary/aromatic N) is 7. The number of rotatable bonds is 42. The van der Waals surface area contributed by atoms with Gasteiger partial charge in [0.2, 0.25) is 17.7 Å². The molecule has 34 heteroatoms. The van der Waals surface area contributed by atoms with Gasteiger partial charge in [0.05, 0.1) is 54.4 Å². The molecule has 0 aliphatic carbocycles. The van der Waals surface area contributed by atoms with E-state index in [2.05, 4.69) is 45.9 Å². The molecule has 0 heterocycles. The molecule has 3 amide bonds. The predicted octanol–water partition coefficient (Wildman–Crippen LogP) is -11.3. The topological polar surface area (TPSA) is 684 Å². The van der Waals surface area contributed by atoms with Crippen LogP contribution >= 0.6 is 0 Å². The van der Waals surface area contributed by atoms with E-state index in [0.717, 1.165) is 0 Å². The zero-order valence-corrected chi connectivity index (χ0v) is 43.5. The van der Waals surface area contributed by atoms with Crippen LogP contribution in [0, 0.1) is 0 Å². The molecule has 9 atom stereocenters. The maximum atomic E-state index is 14.3. The number of aliphatic imine (C=N–C) groups is 6. The standard InChI is InChI=1S/C42H90N28O6/c43-22(7-1-13-61-37(49)50)34(74)67-28(10-4-16-64-40(55)56)31(71)25(46)19-70(20-26(47)32(72)29(11-5-17-65-41(57)58)68-35(75)23(44)8-2-14-62-38(51)52)21-27(48)33(73)30(12-6-18-66-42(59)60)69-36(76)24(45)9-3-15-63-39(53)54/h22-30H,1-21,43-48H2,(H,67,74)(H,68,75)(H,69,76)(H4,49,50,61)(H4,51,52,62)(H4,53,54,63)(H4,55,56,64)(H4,57,58,65)(H4,59,60,66)/t22-,23-,24-,25?,26?,27?,28-,29-,30-/m0/s1. The van der Waals surface area contributed by atoms with E-state index in [1.807, 2.05) is 0 Å². The monoisotopic (exact) mass is 1080 g/mol. The van der Waals surface area contributed by atoms with E-state index < -0.39 is 109 Å². The summed E-state index contributed by atoms with van der Waals surface area (Å²) in [5.41, 5.74) is 104. The Balaban J connectivity index is 7.15. The van der Waals surface area contributed by atoms with Gasteiger partial charge in [0.15, 0.2) is 53.1 Å². The van der Waals surface area contributed by atoms with Crippen molar-refractivity contribution in [3.63, 3.8) is 0 Å². The van der Waals surface area contributed by atoms with Crippen molar-refractivity contribution >= 4 is 70.8 Å². The fraction of sp³-hybridized carbons (Fsp3) is 0.714. The number of ketones is 3. The Labute approximate surface area is 443 Å². The quantitative estimate of drug-likeness (QED) is 0.0153. The van der Waals surface area contributed by atoms with Gasteiger partial charge in [-0.05, 0) is 77.0 Å². The number of hydrogen-bond donors (Lipinski definition) is 21. The van der Waals surface area contributed by atoms with Gasteiger partial charge in [-0.2, -0.15) is 0 Å². The molecule has 0 saturated carbocycles. The summed E-state index contributed by atoms with van der Waals surface area (Å²) in [6, 6.07) is -11.3. The molecule has 3 unspecified atom stereocenters. The molecule has 0 aromatic rings. The van der Waals surface area contributed by atoms with E-state index in [0.29, 0.717) is 19.3 Å². The molecule has 0 fully saturated rings. The molecule has 0 bridgehead atoms. The number of Topliss-reactive ketones (excluding diaryl/α,β-unsaturated/α-hetero) is 3. The highest BCUT2D eigenvalue weighted by molar-refractivity contribution is 5.96. The van der Waals surface area contributed by atoms with Crippen LogP contribution in [0.5, 0.6) is 0 Å². The minimum Gasteiger partial charge on any atom is -0.370 e. The van der Waals surface area contributed by atoms with Crippen LogP contribution in [0.1, 0.15) is 77.0 Å². The summed E-state index contributed by atoms with van der Waals surface area (Å²) in [4.78, 5) is 108. The summed E-state index contributed by atoms with van der Waals surface area (Å²) in [5.74, 6) is -5.12. The van der Waals surface area contributed by atoms with Crippen molar-refractivity contribution in [2.75, 3.05) is 58.9 Å². The highest BCUT2D eigenvalue weighted by Crippen LogP contribution is 2.11. The number of nitrogens with two attached hydrogens (primary N) is 18. The molecule has 0 saturated heterocycles. The third-order valence-corrected chi connectivity index (χ3v) is 11.2. The average molecular weight is 1080 g/mol. The highest BCUT2D eigenvalue weighted by Gasteiger charge is 2.35. The van der Waals surface area contributed by atoms with Crippen molar-refractivity contribution in [2.45, 2.75) is 131 Å². The SMILES string of the molecule is NC(N)=NCCC[C@H](NC(=O)[C@@H](N)CCCN=C(N)N)C(=O)C(N)CN(CC(N)C(=O)[C@H](CCCN=C(N)N)NC(=O)[C@@H](N)CCCN=C(N)N)CC(N)C(=O)[C@H](CCCN=C(N)N)NC(=O)[C@@H](N)CCCN=C(N)N. The van der Waals surface area contributed by atoms with E-state index in [1.165, 1.54) is 4.90 Å². The lowest BCUT2D eigenvalue weighted by Gasteiger charge is -2.32. The fourth-order valence-electron chi connectivity index (χ4n) is 7.26. The summed E-state index contributed by atoms with van der Waals surface area (Å²) in [7, 11) is 0. The molecular weight excluding hydrogens is 993 g/mol. The van der Waals surface area contributed by atoms with Gasteiger partial charge in [0.1, 0.15) is 0 Å². The Bertz CT molecular complexity index is 1760. The van der Waals surface area contributed by atoms with E-state index in [-0.39, 0.29) is 133 Å². The maximum absolute atomic E-state index is 14.3. The Morgan fingerprint density at radius 3 is 0.671 bits per heavy atom. The number of guanidine groups is 6. The van der Waals surface area contributed by atoms with Gasteiger partial charge in [-0.1, -0.05) is 0 Å². The second-order valence-corrected chi connectivity index (χ2v) is 17.9. The first-order chi connectivity index (χ1) is 35.7. The Morgan fingerprint density at radius 2 is 0.487 bits per heavy atom. The van der Waals surface area contributed by atoms with Crippen LogP contribution in [0.25, 0.3) is 0 Å². The molecule has 0 aromatic carbocycles. The van der Waals surface area contributed by atoms with Crippen LogP contribution in [-0.2, 0) is 28.8 Å². The van der Waals surface area contributed by atoms with Gasteiger partial charge in [-0.25, -0.2) is 0 Å². The first-order valence-corrected chi connectivity index (χ1v) is 24.8. The third-order valence-electron chi connectivity index (χ3n) is 11.2. The average Bonchev–Trinajstić information content (AvgIpc) is 3.33. The minimum absolute atomic E-state index is 0.00107. The molecule has 34 nitrogen and oxygen atoms in total. The molecule has 0 rings (SSSR count). The van der Waals surface area contributed by atoms with Gasteiger partial charge in [0.25, 0.3) is 0 Å². The van der Waals surface area contributed by atoms with Crippen molar-refractivity contribution in [3.05, 3.63) is 0 Å². The number of carbonyl (C=O) groups is 6. The zero-order valence-electron chi connectivity index (χ0n) is 43.5. The van der Waals surface area contributed by atoms with Crippen molar-refractivity contribution in [1.29, 1.82) is 0 Å². The second-order valence-electron chi connectivity index (χ2n) is 17.9. The number of nitrogens with one attached hydrogen (secondary N) is 3. The Kier molecular flexibility index (Phi) is 34.7. The summed E-state index contributed by atoms with van der Waals surface area (Å²) in [6.07, 6.45) is 2.08. The second kappa shape index (κ2) is 38.3. The maximum Gasteiger partial charge on any atom is 0.237 e. The van der Waals surface area contributed by atoms with Crippen LogP contribution in [0.15, 0.2) is 30.0 Å².